The van der Waals surface area contributed by atoms with Gasteiger partial charge in [-0.2, -0.15) is 18.3 Å². The van der Waals surface area contributed by atoms with Gasteiger partial charge in [-0.25, -0.2) is 4.68 Å². The first-order valence-corrected chi connectivity index (χ1v) is 10.4. The number of halogens is 3. The number of rotatable bonds is 4. The third-order valence-corrected chi connectivity index (χ3v) is 5.52. The zero-order valence-corrected chi connectivity index (χ0v) is 17.9. The van der Waals surface area contributed by atoms with Crippen LogP contribution < -0.4 is 5.43 Å². The predicted molar refractivity (Wildman–Crippen MR) is 115 cm³/mol. The Kier molecular flexibility index (Phi) is 6.28. The first-order chi connectivity index (χ1) is 15.7. The number of hydrogen-bond donors (Lipinski definition) is 0. The van der Waals surface area contributed by atoms with Gasteiger partial charge in [-0.1, -0.05) is 12.1 Å². The van der Waals surface area contributed by atoms with E-state index in [1.807, 2.05) is 12.1 Å². The predicted octanol–water partition coefficient (Wildman–Crippen LogP) is 2.91. The van der Waals surface area contributed by atoms with Crippen LogP contribution in [0.15, 0.2) is 59.7 Å². The van der Waals surface area contributed by atoms with E-state index in [1.54, 1.807) is 24.2 Å². The number of benzene rings is 1. The molecule has 1 aliphatic heterocycles. The van der Waals surface area contributed by atoms with Gasteiger partial charge in [0.2, 0.25) is 5.43 Å². The largest absolute Gasteiger partial charge is 0.416 e. The number of nitrogens with zero attached hydrogens (tertiary/aromatic N) is 5. The van der Waals surface area contributed by atoms with Gasteiger partial charge in [0.05, 0.1) is 11.3 Å². The SMILES string of the molecule is Cc1cc(=O)c(C(=O)N2CCN(Cc3cccnc3)CC2)nn1-c1cccc(C(F)(F)F)c1. The minimum atomic E-state index is -4.52. The molecule has 0 atom stereocenters. The molecule has 172 valence electrons. The number of pyridine rings is 1. The summed E-state index contributed by atoms with van der Waals surface area (Å²) in [5.74, 6) is -0.526. The molecule has 2 aromatic heterocycles. The van der Waals surface area contributed by atoms with Crippen molar-refractivity contribution < 1.29 is 18.0 Å². The summed E-state index contributed by atoms with van der Waals surface area (Å²) < 4.78 is 40.6. The van der Waals surface area contributed by atoms with Crippen LogP contribution in [0.3, 0.4) is 0 Å². The second-order valence-electron chi connectivity index (χ2n) is 7.89. The van der Waals surface area contributed by atoms with E-state index in [9.17, 15) is 22.8 Å². The first kappa shape index (κ1) is 22.7. The molecule has 7 nitrogen and oxygen atoms in total. The number of amides is 1. The van der Waals surface area contributed by atoms with Crippen molar-refractivity contribution in [2.24, 2.45) is 0 Å². The minimum Gasteiger partial charge on any atom is -0.335 e. The summed E-state index contributed by atoms with van der Waals surface area (Å²) in [7, 11) is 0. The highest BCUT2D eigenvalue weighted by Crippen LogP contribution is 2.30. The lowest BCUT2D eigenvalue weighted by Gasteiger charge is -2.34. The van der Waals surface area contributed by atoms with Gasteiger partial charge >= 0.3 is 6.18 Å². The molecule has 0 unspecified atom stereocenters. The third kappa shape index (κ3) is 5.11. The van der Waals surface area contributed by atoms with Crippen LogP contribution in [0.4, 0.5) is 13.2 Å². The molecule has 1 aromatic carbocycles. The molecule has 0 radical (unpaired) electrons. The van der Waals surface area contributed by atoms with Crippen molar-refractivity contribution in [1.82, 2.24) is 24.6 Å². The van der Waals surface area contributed by atoms with Crippen molar-refractivity contribution in [1.29, 1.82) is 0 Å². The van der Waals surface area contributed by atoms with Gasteiger partial charge < -0.3 is 4.90 Å². The van der Waals surface area contributed by atoms with Crippen LogP contribution in [0.1, 0.15) is 27.3 Å². The molecule has 1 fully saturated rings. The fraction of sp³-hybridized carbons (Fsp3) is 0.304. The smallest absolute Gasteiger partial charge is 0.335 e. The van der Waals surface area contributed by atoms with Gasteiger partial charge in [-0.05, 0) is 36.8 Å². The second kappa shape index (κ2) is 9.14. The van der Waals surface area contributed by atoms with Crippen molar-refractivity contribution in [2.75, 3.05) is 26.2 Å². The van der Waals surface area contributed by atoms with E-state index in [4.69, 9.17) is 0 Å². The van der Waals surface area contributed by atoms with Crippen LogP contribution in [-0.2, 0) is 12.7 Å². The number of aromatic nitrogens is 3. The molecule has 1 aliphatic rings. The molecule has 0 bridgehead atoms. The van der Waals surface area contributed by atoms with Gasteiger partial charge in [0.25, 0.3) is 5.91 Å². The number of hydrogen-bond acceptors (Lipinski definition) is 5. The van der Waals surface area contributed by atoms with E-state index in [1.165, 1.54) is 22.9 Å². The molecule has 10 heteroatoms. The quantitative estimate of drug-likeness (QED) is 0.603. The molecule has 1 saturated heterocycles. The van der Waals surface area contributed by atoms with Crippen LogP contribution in [0.2, 0.25) is 0 Å². The van der Waals surface area contributed by atoms with E-state index in [2.05, 4.69) is 15.0 Å². The molecular formula is C23H22F3N5O2. The minimum absolute atomic E-state index is 0.123. The standard InChI is InChI=1S/C23H22F3N5O2/c1-16-12-20(32)21(28-31(16)19-6-2-5-18(13-19)23(24,25)26)22(33)30-10-8-29(9-11-30)15-17-4-3-7-27-14-17/h2-7,12-14H,8-11,15H2,1H3. The van der Waals surface area contributed by atoms with Crippen molar-refractivity contribution in [3.63, 3.8) is 0 Å². The highest BCUT2D eigenvalue weighted by molar-refractivity contribution is 5.92. The molecule has 4 rings (SSSR count). The Hall–Kier alpha value is -3.53. The van der Waals surface area contributed by atoms with Crippen LogP contribution in [0.25, 0.3) is 5.69 Å². The molecule has 3 heterocycles. The summed E-state index contributed by atoms with van der Waals surface area (Å²) in [6.07, 6.45) is -1.01. The summed E-state index contributed by atoms with van der Waals surface area (Å²) >= 11 is 0. The fourth-order valence-electron chi connectivity index (χ4n) is 3.78. The summed E-state index contributed by atoms with van der Waals surface area (Å²) in [4.78, 5) is 33.4. The molecule has 33 heavy (non-hydrogen) atoms. The van der Waals surface area contributed by atoms with Crippen molar-refractivity contribution in [2.45, 2.75) is 19.6 Å². The Balaban J connectivity index is 1.53. The van der Waals surface area contributed by atoms with Crippen LogP contribution in [0, 0.1) is 6.92 Å². The molecular weight excluding hydrogens is 435 g/mol. The number of carbonyl (C=O) groups is 1. The topological polar surface area (TPSA) is 71.3 Å². The van der Waals surface area contributed by atoms with E-state index in [0.717, 1.165) is 17.7 Å². The Morgan fingerprint density at radius 2 is 1.82 bits per heavy atom. The second-order valence-corrected chi connectivity index (χ2v) is 7.89. The van der Waals surface area contributed by atoms with Gasteiger partial charge in [-0.3, -0.25) is 19.5 Å². The number of carbonyl (C=O) groups excluding carboxylic acids is 1. The molecule has 0 spiro atoms. The third-order valence-electron chi connectivity index (χ3n) is 5.52. The van der Waals surface area contributed by atoms with Crippen LogP contribution >= 0.6 is 0 Å². The van der Waals surface area contributed by atoms with Crippen LogP contribution in [0.5, 0.6) is 0 Å². The zero-order chi connectivity index (χ0) is 23.6. The maximum atomic E-state index is 13.1. The number of piperazine rings is 1. The molecule has 1 amide bonds. The monoisotopic (exact) mass is 457 g/mol. The lowest BCUT2D eigenvalue weighted by molar-refractivity contribution is -0.137. The summed E-state index contributed by atoms with van der Waals surface area (Å²) in [5, 5.41) is 4.15. The Labute approximate surface area is 188 Å². The van der Waals surface area contributed by atoms with E-state index < -0.39 is 23.1 Å². The molecule has 3 aromatic rings. The average Bonchev–Trinajstić information content (AvgIpc) is 2.79. The molecule has 0 saturated carbocycles. The number of alkyl halides is 3. The van der Waals surface area contributed by atoms with Gasteiger partial charge in [0, 0.05) is 56.9 Å². The maximum Gasteiger partial charge on any atom is 0.416 e. The van der Waals surface area contributed by atoms with Crippen LogP contribution in [-0.4, -0.2) is 56.7 Å². The summed E-state index contributed by atoms with van der Waals surface area (Å²) in [6.45, 7) is 4.33. The van der Waals surface area contributed by atoms with Gasteiger partial charge in [0.1, 0.15) is 0 Å². The lowest BCUT2D eigenvalue weighted by atomic mass is 10.2. The van der Waals surface area contributed by atoms with Crippen molar-refractivity contribution >= 4 is 5.91 Å². The Bertz CT molecular complexity index is 1200. The zero-order valence-electron chi connectivity index (χ0n) is 17.9. The van der Waals surface area contributed by atoms with Crippen molar-refractivity contribution in [3.05, 3.63) is 87.6 Å². The van der Waals surface area contributed by atoms with E-state index in [0.29, 0.717) is 38.4 Å². The Morgan fingerprint density at radius 1 is 1.06 bits per heavy atom. The lowest BCUT2D eigenvalue weighted by Crippen LogP contribution is -2.49. The normalized spacial score (nSPS) is 15.0. The highest BCUT2D eigenvalue weighted by Gasteiger charge is 2.31. The summed E-state index contributed by atoms with van der Waals surface area (Å²) in [5.41, 5.74) is -0.175. The van der Waals surface area contributed by atoms with Gasteiger partial charge in [0.15, 0.2) is 5.69 Å². The maximum absolute atomic E-state index is 13.1. The highest BCUT2D eigenvalue weighted by atomic mass is 19.4. The van der Waals surface area contributed by atoms with Gasteiger partial charge in [-0.15, -0.1) is 0 Å². The molecule has 0 aliphatic carbocycles. The van der Waals surface area contributed by atoms with E-state index >= 15 is 0 Å². The fourth-order valence-corrected chi connectivity index (χ4v) is 3.78. The first-order valence-electron chi connectivity index (χ1n) is 10.4. The number of aryl methyl sites for hydroxylation is 1. The average molecular weight is 457 g/mol. The molecule has 0 N–H and O–H groups in total. The van der Waals surface area contributed by atoms with Crippen molar-refractivity contribution in [3.8, 4) is 5.69 Å². The Morgan fingerprint density at radius 3 is 2.48 bits per heavy atom. The van der Waals surface area contributed by atoms with E-state index in [-0.39, 0.29) is 11.4 Å². The summed E-state index contributed by atoms with van der Waals surface area (Å²) in [6, 6.07) is 9.68.